The fourth-order valence-corrected chi connectivity index (χ4v) is 2.95. The number of hydrogen-bond donors (Lipinski definition) is 3. The molecule has 2 aromatic rings. The van der Waals surface area contributed by atoms with Crippen LogP contribution in [0, 0.1) is 12.1 Å². The first-order valence-corrected chi connectivity index (χ1v) is 8.34. The number of carbonyl (C=O) groups is 2. The van der Waals surface area contributed by atoms with E-state index in [4.69, 9.17) is 10.3 Å². The van der Waals surface area contributed by atoms with Crippen LogP contribution in [0.2, 0.25) is 0 Å². The van der Waals surface area contributed by atoms with Crippen molar-refractivity contribution >= 4 is 21.9 Å². The number of nitrogens with zero attached hydrogens (tertiary/aromatic N) is 1. The van der Waals surface area contributed by atoms with Crippen LogP contribution in [0.5, 0.6) is 0 Å². The van der Waals surface area contributed by atoms with Crippen LogP contribution in [-0.2, 0) is 52.3 Å². The second-order valence-corrected chi connectivity index (χ2v) is 6.45. The summed E-state index contributed by atoms with van der Waals surface area (Å²) in [6, 6.07) is 20.3. The van der Waals surface area contributed by atoms with Crippen LogP contribution in [0.1, 0.15) is 0 Å². The van der Waals surface area contributed by atoms with Crippen molar-refractivity contribution in [1.82, 2.24) is 9.79 Å². The summed E-state index contributed by atoms with van der Waals surface area (Å²) in [7, 11) is -4.14. The van der Waals surface area contributed by atoms with Crippen LogP contribution < -0.4 is 5.48 Å². The van der Waals surface area contributed by atoms with Crippen molar-refractivity contribution in [1.29, 1.82) is 0 Å². The van der Waals surface area contributed by atoms with Crippen molar-refractivity contribution in [2.24, 2.45) is 0 Å². The number of hydroxylamine groups is 1. The predicted octanol–water partition coefficient (Wildman–Crippen LogP) is 0.552. The smallest absolute Gasteiger partial charge is 0.318 e. The zero-order chi connectivity index (χ0) is 18.7. The van der Waals surface area contributed by atoms with E-state index in [9.17, 15) is 18.0 Å². The maximum absolute atomic E-state index is 12.1. The van der Waals surface area contributed by atoms with Gasteiger partial charge in [-0.3, -0.25) is 14.8 Å². The normalized spacial score (nSPS) is 10.1. The summed E-state index contributed by atoms with van der Waals surface area (Å²) in [5.41, 5.74) is 1.25. The molecule has 0 aliphatic carbocycles. The van der Waals surface area contributed by atoms with Crippen molar-refractivity contribution in [3.05, 3.63) is 66.7 Å². The Kier molecular flexibility index (Phi) is 11.9. The first-order chi connectivity index (χ1) is 11.9. The number of benzene rings is 2. The fraction of sp³-hybridized carbons (Fsp3) is 0.125. The van der Waals surface area contributed by atoms with Gasteiger partial charge in [0, 0.05) is 32.7 Å². The quantitative estimate of drug-likeness (QED) is 0.334. The molecular formula is C16H16N2O6SY-2. The molecule has 137 valence electrons. The molecule has 26 heavy (non-hydrogen) atoms. The fourth-order valence-electron chi connectivity index (χ4n) is 1.61. The molecule has 0 saturated carbocycles. The molecule has 3 N–H and O–H groups in total. The number of carboxylic acid groups (broad SMARTS) is 1. The molecule has 1 radical (unpaired) electrons. The molecule has 0 fully saturated rings. The van der Waals surface area contributed by atoms with E-state index in [-0.39, 0.29) is 37.6 Å². The number of carbonyl (C=O) groups excluding carboxylic acids is 1. The standard InChI is InChI=1S/C10H11N2O6S.C6H5.Y/c13-9(11-16)6-12(7-10(14)15)19(17,18)8-4-2-1-3-5-8;1-2-4-6-5-3-1;/h2-5,16H,6-7H2,(H,11,13)(H,14,15);1-5H;/q2*-1;. The second kappa shape index (κ2) is 12.7. The molecule has 0 aliphatic rings. The summed E-state index contributed by atoms with van der Waals surface area (Å²) in [5, 5.41) is 17.1. The Morgan fingerprint density at radius 1 is 1.00 bits per heavy atom. The van der Waals surface area contributed by atoms with E-state index in [1.165, 1.54) is 29.7 Å². The summed E-state index contributed by atoms with van der Waals surface area (Å²) in [6.07, 6.45) is 0. The van der Waals surface area contributed by atoms with E-state index in [1.54, 1.807) is 0 Å². The second-order valence-electron chi connectivity index (χ2n) is 4.51. The van der Waals surface area contributed by atoms with Crippen LogP contribution in [0.15, 0.2) is 59.5 Å². The first-order valence-electron chi connectivity index (χ1n) is 6.90. The predicted molar refractivity (Wildman–Crippen MR) is 86.9 cm³/mol. The maximum atomic E-state index is 12.1. The Balaban J connectivity index is 0.000000754. The third-order valence-electron chi connectivity index (χ3n) is 2.69. The van der Waals surface area contributed by atoms with Crippen LogP contribution in [-0.4, -0.2) is 48.0 Å². The minimum Gasteiger partial charge on any atom is -0.480 e. The van der Waals surface area contributed by atoms with Crippen molar-refractivity contribution in [2.45, 2.75) is 4.90 Å². The van der Waals surface area contributed by atoms with Gasteiger partial charge in [0.15, 0.2) is 0 Å². The third kappa shape index (κ3) is 8.64. The Labute approximate surface area is 176 Å². The van der Waals surface area contributed by atoms with Crippen molar-refractivity contribution in [3.63, 3.8) is 0 Å². The van der Waals surface area contributed by atoms with Gasteiger partial charge in [-0.25, -0.2) is 13.9 Å². The number of carboxylic acids is 1. The van der Waals surface area contributed by atoms with E-state index in [1.807, 2.05) is 30.3 Å². The van der Waals surface area contributed by atoms with Gasteiger partial charge in [-0.1, -0.05) is 0 Å². The molecule has 0 bridgehead atoms. The van der Waals surface area contributed by atoms with Gasteiger partial charge in [0.05, 0.1) is 6.54 Å². The van der Waals surface area contributed by atoms with Gasteiger partial charge < -0.3 is 5.11 Å². The monoisotopic (exact) mass is 453 g/mol. The molecule has 0 heterocycles. The molecular weight excluding hydrogens is 437 g/mol. The zero-order valence-electron chi connectivity index (χ0n) is 13.6. The van der Waals surface area contributed by atoms with Crippen LogP contribution in [0.4, 0.5) is 0 Å². The molecule has 2 rings (SSSR count). The number of amides is 1. The van der Waals surface area contributed by atoms with E-state index in [2.05, 4.69) is 12.1 Å². The Morgan fingerprint density at radius 2 is 1.54 bits per heavy atom. The first kappa shape index (κ1) is 24.4. The van der Waals surface area contributed by atoms with E-state index >= 15 is 0 Å². The Bertz CT molecular complexity index is 745. The summed E-state index contributed by atoms with van der Waals surface area (Å²) >= 11 is 0. The molecule has 1 amide bonds. The summed E-state index contributed by atoms with van der Waals surface area (Å²) < 4.78 is 24.7. The summed E-state index contributed by atoms with van der Waals surface area (Å²) in [6.45, 7) is -1.70. The van der Waals surface area contributed by atoms with Crippen LogP contribution in [0.3, 0.4) is 0 Å². The molecule has 0 saturated heterocycles. The number of aliphatic carboxylic acids is 1. The van der Waals surface area contributed by atoms with Gasteiger partial charge in [0.25, 0.3) is 5.91 Å². The number of nitrogens with one attached hydrogen (secondary N) is 1. The van der Waals surface area contributed by atoms with Gasteiger partial charge in [-0.2, -0.15) is 71.0 Å². The van der Waals surface area contributed by atoms with Crippen molar-refractivity contribution < 1.29 is 61.0 Å². The van der Waals surface area contributed by atoms with Gasteiger partial charge >= 0.3 is 5.97 Å². The minimum absolute atomic E-state index is 0. The SMILES string of the molecule is O=C(O)CN(CC(=O)NO)S(=O)(=O)c1cc[c-]cc1.[Y].[c-]1ccccc1. The minimum atomic E-state index is -4.14. The van der Waals surface area contributed by atoms with Gasteiger partial charge in [-0.15, -0.1) is 0 Å². The van der Waals surface area contributed by atoms with Gasteiger partial charge in [-0.05, 0) is 4.90 Å². The average molecular weight is 453 g/mol. The largest absolute Gasteiger partial charge is 0.480 e. The molecule has 0 unspecified atom stereocenters. The van der Waals surface area contributed by atoms with E-state index in [0.29, 0.717) is 4.31 Å². The molecule has 10 heteroatoms. The molecule has 0 spiro atoms. The number of rotatable bonds is 6. The van der Waals surface area contributed by atoms with E-state index in [0.717, 1.165) is 0 Å². The Hall–Kier alpha value is -1.65. The van der Waals surface area contributed by atoms with Crippen LogP contribution in [0.25, 0.3) is 0 Å². The summed E-state index contributed by atoms with van der Waals surface area (Å²) in [4.78, 5) is 21.5. The molecule has 8 nitrogen and oxygen atoms in total. The Morgan fingerprint density at radius 3 is 1.92 bits per heavy atom. The van der Waals surface area contributed by atoms with Crippen molar-refractivity contribution in [3.8, 4) is 0 Å². The number of sulfonamides is 1. The summed E-state index contributed by atoms with van der Waals surface area (Å²) in [5.74, 6) is -2.45. The number of hydrogen-bond acceptors (Lipinski definition) is 5. The van der Waals surface area contributed by atoms with Gasteiger partial charge in [0.1, 0.15) is 6.54 Å². The maximum Gasteiger partial charge on any atom is 0.318 e. The zero-order valence-corrected chi connectivity index (χ0v) is 17.2. The average Bonchev–Trinajstić information content (AvgIpc) is 2.63. The molecule has 2 aromatic carbocycles. The van der Waals surface area contributed by atoms with Gasteiger partial charge in [0.2, 0.25) is 10.0 Å². The van der Waals surface area contributed by atoms with Crippen LogP contribution >= 0.6 is 0 Å². The topological polar surface area (TPSA) is 124 Å². The molecule has 0 aliphatic heterocycles. The van der Waals surface area contributed by atoms with E-state index < -0.39 is 35.0 Å². The third-order valence-corrected chi connectivity index (χ3v) is 4.49. The molecule has 0 atom stereocenters. The van der Waals surface area contributed by atoms with Crippen molar-refractivity contribution in [2.75, 3.05) is 13.1 Å². The molecule has 0 aromatic heterocycles.